The zero-order valence-corrected chi connectivity index (χ0v) is 12.5. The highest BCUT2D eigenvalue weighted by atomic mass is 16.3. The number of nitrogens with one attached hydrogen (secondary N) is 1. The Hall–Kier alpha value is -1.03. The van der Waals surface area contributed by atoms with Crippen molar-refractivity contribution in [2.24, 2.45) is 5.41 Å². The molecular weight excluding hydrogens is 226 g/mol. The lowest BCUT2D eigenvalue weighted by atomic mass is 9.88. The van der Waals surface area contributed by atoms with Gasteiger partial charge in [-0.25, -0.2) is 0 Å². The third-order valence-corrected chi connectivity index (χ3v) is 2.72. The minimum atomic E-state index is -0.0152. The summed E-state index contributed by atoms with van der Waals surface area (Å²) in [5, 5.41) is 17.1. The van der Waals surface area contributed by atoms with E-state index in [0.29, 0.717) is 0 Å². The first-order chi connectivity index (χ1) is 8.12. The van der Waals surface area contributed by atoms with E-state index in [1.807, 2.05) is 17.1 Å². The van der Waals surface area contributed by atoms with E-state index in [0.717, 1.165) is 12.1 Å². The van der Waals surface area contributed by atoms with Gasteiger partial charge >= 0.3 is 0 Å². The van der Waals surface area contributed by atoms with Crippen molar-refractivity contribution in [3.05, 3.63) is 12.4 Å². The average molecular weight is 253 g/mol. The summed E-state index contributed by atoms with van der Waals surface area (Å²) in [6, 6.07) is 0.0719. The standard InChI is InChI=1S/C14H27N3O/c1-13(2,3)7-11(10-18)16-12-8-15-17(9-12)14(4,5)6/h8-9,11,16,18H,7,10H2,1-6H3. The van der Waals surface area contributed by atoms with Gasteiger partial charge in [-0.05, 0) is 32.6 Å². The molecule has 18 heavy (non-hydrogen) atoms. The van der Waals surface area contributed by atoms with Gasteiger partial charge in [-0.1, -0.05) is 20.8 Å². The van der Waals surface area contributed by atoms with Gasteiger partial charge in [-0.3, -0.25) is 4.68 Å². The monoisotopic (exact) mass is 253 g/mol. The van der Waals surface area contributed by atoms with Crippen LogP contribution >= 0.6 is 0 Å². The molecule has 4 heteroatoms. The van der Waals surface area contributed by atoms with Crippen LogP contribution in [0, 0.1) is 5.41 Å². The second kappa shape index (κ2) is 5.31. The molecule has 1 heterocycles. The average Bonchev–Trinajstić information content (AvgIpc) is 2.62. The third-order valence-electron chi connectivity index (χ3n) is 2.72. The fourth-order valence-corrected chi connectivity index (χ4v) is 1.90. The van der Waals surface area contributed by atoms with Gasteiger partial charge in [-0.2, -0.15) is 5.10 Å². The van der Waals surface area contributed by atoms with Crippen LogP contribution in [-0.2, 0) is 5.54 Å². The lowest BCUT2D eigenvalue weighted by molar-refractivity contribution is 0.234. The van der Waals surface area contributed by atoms with Crippen LogP contribution < -0.4 is 5.32 Å². The first-order valence-electron chi connectivity index (χ1n) is 6.54. The molecule has 1 rings (SSSR count). The van der Waals surface area contributed by atoms with E-state index in [1.165, 1.54) is 0 Å². The number of aliphatic hydroxyl groups is 1. The molecule has 2 N–H and O–H groups in total. The molecule has 0 aliphatic rings. The van der Waals surface area contributed by atoms with Gasteiger partial charge in [0.25, 0.3) is 0 Å². The van der Waals surface area contributed by atoms with E-state index in [2.05, 4.69) is 52.0 Å². The summed E-state index contributed by atoms with van der Waals surface area (Å²) >= 11 is 0. The zero-order valence-electron chi connectivity index (χ0n) is 12.5. The zero-order chi connectivity index (χ0) is 14.0. The lowest BCUT2D eigenvalue weighted by Gasteiger charge is -2.25. The van der Waals surface area contributed by atoms with Crippen molar-refractivity contribution in [2.75, 3.05) is 11.9 Å². The fraction of sp³-hybridized carbons (Fsp3) is 0.786. The van der Waals surface area contributed by atoms with Gasteiger partial charge in [0.1, 0.15) is 0 Å². The smallest absolute Gasteiger partial charge is 0.0729 e. The SMILES string of the molecule is CC(C)(C)CC(CO)Nc1cnn(C(C)(C)C)c1. The first-order valence-corrected chi connectivity index (χ1v) is 6.54. The number of rotatable bonds is 4. The number of aromatic nitrogens is 2. The highest BCUT2D eigenvalue weighted by Gasteiger charge is 2.19. The van der Waals surface area contributed by atoms with Crippen molar-refractivity contribution >= 4 is 5.69 Å². The van der Waals surface area contributed by atoms with Crippen molar-refractivity contribution < 1.29 is 5.11 Å². The molecule has 104 valence electrons. The van der Waals surface area contributed by atoms with Crippen LogP contribution in [0.15, 0.2) is 12.4 Å². The molecule has 0 fully saturated rings. The molecule has 0 spiro atoms. The second-order valence-electron chi connectivity index (χ2n) is 7.13. The molecule has 1 aromatic rings. The summed E-state index contributed by atoms with van der Waals surface area (Å²) in [4.78, 5) is 0. The summed E-state index contributed by atoms with van der Waals surface area (Å²) in [5.74, 6) is 0. The number of anilines is 1. The molecule has 4 nitrogen and oxygen atoms in total. The van der Waals surface area contributed by atoms with Crippen molar-refractivity contribution in [3.8, 4) is 0 Å². The largest absolute Gasteiger partial charge is 0.394 e. The maximum Gasteiger partial charge on any atom is 0.0729 e. The summed E-state index contributed by atoms with van der Waals surface area (Å²) < 4.78 is 1.93. The van der Waals surface area contributed by atoms with Crippen molar-refractivity contribution in [1.82, 2.24) is 9.78 Å². The van der Waals surface area contributed by atoms with E-state index < -0.39 is 0 Å². The Morgan fingerprint density at radius 2 is 1.89 bits per heavy atom. The van der Waals surface area contributed by atoms with Crippen LogP contribution in [0.5, 0.6) is 0 Å². The Morgan fingerprint density at radius 1 is 1.28 bits per heavy atom. The van der Waals surface area contributed by atoms with E-state index in [4.69, 9.17) is 0 Å². The van der Waals surface area contributed by atoms with Crippen molar-refractivity contribution in [2.45, 2.75) is 59.5 Å². The van der Waals surface area contributed by atoms with Gasteiger partial charge in [0.15, 0.2) is 0 Å². The van der Waals surface area contributed by atoms with Gasteiger partial charge < -0.3 is 10.4 Å². The fourth-order valence-electron chi connectivity index (χ4n) is 1.90. The predicted molar refractivity (Wildman–Crippen MR) is 75.8 cm³/mol. The number of hydrogen-bond donors (Lipinski definition) is 2. The van der Waals surface area contributed by atoms with Gasteiger partial charge in [0, 0.05) is 12.2 Å². The van der Waals surface area contributed by atoms with Gasteiger partial charge in [0.05, 0.1) is 24.0 Å². The molecule has 0 aliphatic heterocycles. The normalized spacial score (nSPS) is 14.6. The molecule has 0 aromatic carbocycles. The van der Waals surface area contributed by atoms with Crippen LogP contribution in [0.1, 0.15) is 48.0 Å². The van der Waals surface area contributed by atoms with E-state index in [9.17, 15) is 5.11 Å². The number of aliphatic hydroxyl groups excluding tert-OH is 1. The summed E-state index contributed by atoms with van der Waals surface area (Å²) in [7, 11) is 0. The molecule has 1 atom stereocenters. The maximum absolute atomic E-state index is 9.43. The highest BCUT2D eigenvalue weighted by molar-refractivity contribution is 5.39. The second-order valence-corrected chi connectivity index (χ2v) is 7.13. The maximum atomic E-state index is 9.43. The molecule has 0 saturated heterocycles. The summed E-state index contributed by atoms with van der Waals surface area (Å²) in [6.45, 7) is 13.0. The molecule has 0 radical (unpaired) electrons. The lowest BCUT2D eigenvalue weighted by Crippen LogP contribution is -2.29. The molecule has 1 unspecified atom stereocenters. The van der Waals surface area contributed by atoms with E-state index in [-0.39, 0.29) is 23.6 Å². The van der Waals surface area contributed by atoms with Crippen LogP contribution in [0.3, 0.4) is 0 Å². The quantitative estimate of drug-likeness (QED) is 0.867. The minimum Gasteiger partial charge on any atom is -0.394 e. The predicted octanol–water partition coefficient (Wildman–Crippen LogP) is 2.85. The Bertz CT molecular complexity index is 371. The van der Waals surface area contributed by atoms with Crippen molar-refractivity contribution in [1.29, 1.82) is 0 Å². The molecule has 0 saturated carbocycles. The molecule has 0 aliphatic carbocycles. The minimum absolute atomic E-state index is 0.0152. The molecule has 0 amide bonds. The first kappa shape index (κ1) is 15.0. The highest BCUT2D eigenvalue weighted by Crippen LogP contribution is 2.23. The Morgan fingerprint density at radius 3 is 2.28 bits per heavy atom. The van der Waals surface area contributed by atoms with Crippen LogP contribution in [0.2, 0.25) is 0 Å². The van der Waals surface area contributed by atoms with Crippen LogP contribution in [-0.4, -0.2) is 27.5 Å². The van der Waals surface area contributed by atoms with E-state index >= 15 is 0 Å². The Labute approximate surface area is 110 Å². The molecular formula is C14H27N3O. The van der Waals surface area contributed by atoms with E-state index in [1.54, 1.807) is 0 Å². The number of hydrogen-bond acceptors (Lipinski definition) is 3. The third kappa shape index (κ3) is 4.69. The summed E-state index contributed by atoms with van der Waals surface area (Å²) in [6.07, 6.45) is 4.73. The molecule has 0 bridgehead atoms. The van der Waals surface area contributed by atoms with Gasteiger partial charge in [-0.15, -0.1) is 0 Å². The summed E-state index contributed by atoms with van der Waals surface area (Å²) in [5.41, 5.74) is 1.15. The topological polar surface area (TPSA) is 50.1 Å². The van der Waals surface area contributed by atoms with Crippen molar-refractivity contribution in [3.63, 3.8) is 0 Å². The Balaban J connectivity index is 2.68. The molecule has 1 aromatic heterocycles. The van der Waals surface area contributed by atoms with Crippen LogP contribution in [0.4, 0.5) is 5.69 Å². The van der Waals surface area contributed by atoms with Crippen LogP contribution in [0.25, 0.3) is 0 Å². The van der Waals surface area contributed by atoms with Gasteiger partial charge in [0.2, 0.25) is 0 Å². The number of nitrogens with zero attached hydrogens (tertiary/aromatic N) is 2. The Kier molecular flexibility index (Phi) is 4.43.